The molecular weight excluding hydrogens is 196 g/mol. The second-order valence-electron chi connectivity index (χ2n) is 2.55. The predicted molar refractivity (Wildman–Crippen MR) is 54.8 cm³/mol. The molecule has 0 unspecified atom stereocenters. The van der Waals surface area contributed by atoms with Crippen molar-refractivity contribution in [2.45, 2.75) is 10.1 Å². The van der Waals surface area contributed by atoms with Crippen molar-refractivity contribution in [3.8, 4) is 0 Å². The third-order valence-electron chi connectivity index (χ3n) is 1.51. The molecule has 4 nitrogen and oxygen atoms in total. The molecule has 5 heteroatoms. The minimum atomic E-state index is 0.517. The first kappa shape index (κ1) is 8.96. The van der Waals surface area contributed by atoms with E-state index in [1.54, 1.807) is 30.7 Å². The maximum absolute atomic E-state index is 5.47. The van der Waals surface area contributed by atoms with E-state index in [0.29, 0.717) is 11.0 Å². The summed E-state index contributed by atoms with van der Waals surface area (Å²) in [6, 6.07) is 5.43. The Morgan fingerprint density at radius 1 is 1.07 bits per heavy atom. The average molecular weight is 204 g/mol. The van der Waals surface area contributed by atoms with Gasteiger partial charge < -0.3 is 5.73 Å². The maximum atomic E-state index is 5.47. The zero-order valence-corrected chi connectivity index (χ0v) is 8.11. The molecule has 0 saturated heterocycles. The van der Waals surface area contributed by atoms with Crippen molar-refractivity contribution in [1.82, 2.24) is 15.0 Å². The van der Waals surface area contributed by atoms with Crippen LogP contribution in [0.25, 0.3) is 0 Å². The standard InChI is InChI=1S/C9H8N4S/c10-8-3-2-7(6-13-8)14-9-11-4-1-5-12-9/h1-6H,(H2,10,13). The first-order chi connectivity index (χ1) is 6.84. The van der Waals surface area contributed by atoms with Crippen LogP contribution in [0.2, 0.25) is 0 Å². The van der Waals surface area contributed by atoms with Crippen molar-refractivity contribution in [2.24, 2.45) is 0 Å². The van der Waals surface area contributed by atoms with Crippen LogP contribution in [-0.2, 0) is 0 Å². The number of rotatable bonds is 2. The summed E-state index contributed by atoms with van der Waals surface area (Å²) >= 11 is 1.46. The van der Waals surface area contributed by atoms with Crippen molar-refractivity contribution >= 4 is 17.6 Å². The van der Waals surface area contributed by atoms with Gasteiger partial charge in [-0.3, -0.25) is 0 Å². The van der Waals surface area contributed by atoms with Crippen molar-refractivity contribution in [2.75, 3.05) is 5.73 Å². The molecule has 0 aliphatic heterocycles. The number of hydrogen-bond donors (Lipinski definition) is 1. The Kier molecular flexibility index (Phi) is 2.60. The van der Waals surface area contributed by atoms with E-state index in [1.165, 1.54) is 11.8 Å². The van der Waals surface area contributed by atoms with E-state index in [2.05, 4.69) is 15.0 Å². The van der Waals surface area contributed by atoms with Crippen molar-refractivity contribution < 1.29 is 0 Å². The largest absolute Gasteiger partial charge is 0.384 e. The van der Waals surface area contributed by atoms with Gasteiger partial charge in [0.25, 0.3) is 0 Å². The van der Waals surface area contributed by atoms with E-state index in [4.69, 9.17) is 5.73 Å². The molecule has 0 fully saturated rings. The lowest BCUT2D eigenvalue weighted by atomic mass is 10.5. The van der Waals surface area contributed by atoms with Crippen molar-refractivity contribution in [1.29, 1.82) is 0 Å². The summed E-state index contributed by atoms with van der Waals surface area (Å²) in [5.41, 5.74) is 5.47. The molecule has 0 aliphatic carbocycles. The molecule has 70 valence electrons. The molecule has 2 aromatic heterocycles. The first-order valence-electron chi connectivity index (χ1n) is 4.01. The molecule has 0 spiro atoms. The highest BCUT2D eigenvalue weighted by molar-refractivity contribution is 7.99. The second-order valence-corrected chi connectivity index (χ2v) is 3.59. The minimum absolute atomic E-state index is 0.517. The predicted octanol–water partition coefficient (Wildman–Crippen LogP) is 1.60. The fourth-order valence-corrected chi connectivity index (χ4v) is 1.58. The summed E-state index contributed by atoms with van der Waals surface area (Å²) in [7, 11) is 0. The summed E-state index contributed by atoms with van der Waals surface area (Å²) in [6.45, 7) is 0. The number of nitrogen functional groups attached to an aromatic ring is 1. The molecule has 14 heavy (non-hydrogen) atoms. The lowest BCUT2D eigenvalue weighted by molar-refractivity contribution is 0.966. The third-order valence-corrected chi connectivity index (χ3v) is 2.38. The number of hydrogen-bond acceptors (Lipinski definition) is 5. The van der Waals surface area contributed by atoms with Crippen LogP contribution in [0.5, 0.6) is 0 Å². The van der Waals surface area contributed by atoms with Gasteiger partial charge in [-0.05, 0) is 30.0 Å². The number of anilines is 1. The van der Waals surface area contributed by atoms with Gasteiger partial charge in [-0.2, -0.15) is 0 Å². The topological polar surface area (TPSA) is 64.7 Å². The average Bonchev–Trinajstić information content (AvgIpc) is 2.23. The van der Waals surface area contributed by atoms with E-state index in [9.17, 15) is 0 Å². The van der Waals surface area contributed by atoms with Gasteiger partial charge in [0, 0.05) is 23.5 Å². The summed E-state index contributed by atoms with van der Waals surface area (Å²) in [4.78, 5) is 13.1. The molecule has 0 atom stereocenters. The van der Waals surface area contributed by atoms with Crippen LogP contribution in [-0.4, -0.2) is 15.0 Å². The highest BCUT2D eigenvalue weighted by Gasteiger charge is 1.98. The smallest absolute Gasteiger partial charge is 0.192 e. The van der Waals surface area contributed by atoms with Crippen LogP contribution in [0, 0.1) is 0 Å². The van der Waals surface area contributed by atoms with E-state index in [-0.39, 0.29) is 0 Å². The van der Waals surface area contributed by atoms with Gasteiger partial charge in [0.15, 0.2) is 5.16 Å². The van der Waals surface area contributed by atoms with Gasteiger partial charge in [0.05, 0.1) is 0 Å². The number of nitrogens with zero attached hydrogens (tertiary/aromatic N) is 3. The van der Waals surface area contributed by atoms with Gasteiger partial charge >= 0.3 is 0 Å². The van der Waals surface area contributed by atoms with Crippen LogP contribution < -0.4 is 5.73 Å². The number of aromatic nitrogens is 3. The molecule has 0 radical (unpaired) electrons. The molecular formula is C9H8N4S. The minimum Gasteiger partial charge on any atom is -0.384 e. The van der Waals surface area contributed by atoms with Gasteiger partial charge in [-0.15, -0.1) is 0 Å². The molecule has 0 saturated carbocycles. The molecule has 0 aliphatic rings. The van der Waals surface area contributed by atoms with Crippen molar-refractivity contribution in [3.05, 3.63) is 36.8 Å². The van der Waals surface area contributed by atoms with Crippen LogP contribution in [0.15, 0.2) is 46.8 Å². The Balaban J connectivity index is 2.16. The summed E-state index contributed by atoms with van der Waals surface area (Å²) in [5.74, 6) is 0.517. The molecule has 0 amide bonds. The van der Waals surface area contributed by atoms with Crippen molar-refractivity contribution in [3.63, 3.8) is 0 Å². The highest BCUT2D eigenvalue weighted by atomic mass is 32.2. The summed E-state index contributed by atoms with van der Waals surface area (Å²) in [6.07, 6.45) is 5.12. The van der Waals surface area contributed by atoms with Gasteiger partial charge in [0.2, 0.25) is 0 Å². The third kappa shape index (κ3) is 2.20. The Morgan fingerprint density at radius 3 is 2.50 bits per heavy atom. The lowest BCUT2D eigenvalue weighted by Crippen LogP contribution is -1.89. The SMILES string of the molecule is Nc1ccc(Sc2ncccn2)cn1. The quantitative estimate of drug-likeness (QED) is 0.753. The fraction of sp³-hybridized carbons (Fsp3) is 0. The van der Waals surface area contributed by atoms with E-state index in [1.807, 2.05) is 6.07 Å². The fourth-order valence-electron chi connectivity index (χ4n) is 0.896. The van der Waals surface area contributed by atoms with Crippen LogP contribution in [0.4, 0.5) is 5.82 Å². The summed E-state index contributed by atoms with van der Waals surface area (Å²) in [5, 5.41) is 0.707. The first-order valence-corrected chi connectivity index (χ1v) is 4.82. The van der Waals surface area contributed by atoms with E-state index >= 15 is 0 Å². The Labute approximate surface area is 85.6 Å². The molecule has 2 aromatic rings. The molecule has 0 bridgehead atoms. The summed E-state index contributed by atoms with van der Waals surface area (Å²) < 4.78 is 0. The zero-order chi connectivity index (χ0) is 9.80. The van der Waals surface area contributed by atoms with Gasteiger partial charge in [0.1, 0.15) is 5.82 Å². The Bertz CT molecular complexity index is 401. The van der Waals surface area contributed by atoms with E-state index < -0.39 is 0 Å². The molecule has 2 N–H and O–H groups in total. The normalized spacial score (nSPS) is 10.0. The van der Waals surface area contributed by atoms with Gasteiger partial charge in [-0.1, -0.05) is 0 Å². The number of nitrogens with two attached hydrogens (primary N) is 1. The monoisotopic (exact) mass is 204 g/mol. The second kappa shape index (κ2) is 4.06. The van der Waals surface area contributed by atoms with Gasteiger partial charge in [-0.25, -0.2) is 15.0 Å². The molecule has 2 heterocycles. The maximum Gasteiger partial charge on any atom is 0.192 e. The Hall–Kier alpha value is -1.62. The van der Waals surface area contributed by atoms with Crippen LogP contribution in [0.1, 0.15) is 0 Å². The van der Waals surface area contributed by atoms with E-state index in [0.717, 1.165) is 4.90 Å². The molecule has 2 rings (SSSR count). The molecule has 0 aromatic carbocycles. The van der Waals surface area contributed by atoms with Crippen LogP contribution >= 0.6 is 11.8 Å². The lowest BCUT2D eigenvalue weighted by Gasteiger charge is -1.98. The Morgan fingerprint density at radius 2 is 1.86 bits per heavy atom. The van der Waals surface area contributed by atoms with Crippen LogP contribution in [0.3, 0.4) is 0 Å². The highest BCUT2D eigenvalue weighted by Crippen LogP contribution is 2.22. The zero-order valence-electron chi connectivity index (χ0n) is 7.29. The number of pyridine rings is 1.